The van der Waals surface area contributed by atoms with Crippen molar-refractivity contribution in [2.45, 2.75) is 201 Å². The van der Waals surface area contributed by atoms with Crippen molar-refractivity contribution in [3.8, 4) is 0 Å². The zero-order chi connectivity index (χ0) is 46.2. The van der Waals surface area contributed by atoms with E-state index in [0.29, 0.717) is 31.6 Å². The number of hydrogen-bond donors (Lipinski definition) is 8. The molecule has 0 spiro atoms. The predicted molar refractivity (Wildman–Crippen MR) is 230 cm³/mol. The van der Waals surface area contributed by atoms with Crippen molar-refractivity contribution in [1.82, 2.24) is 31.9 Å². The molecule has 1 fully saturated rings. The number of hydrogen-bond acceptors (Lipinski definition) is 9. The number of aliphatic carboxylic acids is 2. The quantitative estimate of drug-likeness (QED) is 0.0480. The Morgan fingerprint density at radius 2 is 1.10 bits per heavy atom. The number of rotatable bonds is 30. The van der Waals surface area contributed by atoms with Crippen LogP contribution in [0, 0.1) is 23.7 Å². The lowest BCUT2D eigenvalue weighted by Gasteiger charge is -2.31. The number of unbranched alkanes of at least 4 members (excludes halogenated alkanes) is 2. The normalized spacial score (nSPS) is 16.5. The molecule has 1 rings (SSSR count). The molecule has 1 aliphatic rings. The van der Waals surface area contributed by atoms with Gasteiger partial charge in [-0.2, -0.15) is 0 Å². The van der Waals surface area contributed by atoms with Gasteiger partial charge in [0.2, 0.25) is 35.4 Å². The number of nitrogens with one attached hydrogen (secondary N) is 6. The Morgan fingerprint density at radius 3 is 1.64 bits per heavy atom. The van der Waals surface area contributed by atoms with E-state index in [1.54, 1.807) is 20.8 Å². The molecule has 7 atom stereocenters. The lowest BCUT2D eigenvalue weighted by atomic mass is 9.84. The largest absolute Gasteiger partial charge is 0.481 e. The first-order chi connectivity index (χ1) is 28.7. The first kappa shape index (κ1) is 54.4. The number of carboxylic acids is 2. The van der Waals surface area contributed by atoms with Crippen molar-refractivity contribution in [2.75, 3.05) is 0 Å². The summed E-state index contributed by atoms with van der Waals surface area (Å²) in [6.07, 6.45) is 8.53. The second-order valence-electron chi connectivity index (χ2n) is 17.6. The average Bonchev–Trinajstić information content (AvgIpc) is 3.18. The molecule has 0 heterocycles. The predicted octanol–water partition coefficient (Wildman–Crippen LogP) is 3.90. The third-order valence-electron chi connectivity index (χ3n) is 11.2. The summed E-state index contributed by atoms with van der Waals surface area (Å²) in [5, 5.41) is 34.3. The van der Waals surface area contributed by atoms with Crippen LogP contribution in [0.3, 0.4) is 0 Å². The van der Waals surface area contributed by atoms with Crippen LogP contribution in [0.1, 0.15) is 165 Å². The van der Waals surface area contributed by atoms with Crippen LogP contribution in [0.25, 0.3) is 0 Å². The Morgan fingerprint density at radius 1 is 0.541 bits per heavy atom. The number of Topliss-reactive ketones (excluding diaryl/α,β-unsaturated/α-hetero) is 1. The van der Waals surface area contributed by atoms with Crippen molar-refractivity contribution in [2.24, 2.45) is 23.7 Å². The standard InChI is InChI=1S/C44H76N6O11/c1-9-28(7)39(44(61)49-34(24-30-18-14-12-15-19-30)41(58)46-31(10-2)36(52)20-16-11-13-17-26(3)4)50-43(60)33(23-27(5)6)48-40(57)32(21-22-37(53)54)47-42(59)35(25-38(55)56)45-29(8)51/h26-28,30-35,39H,9-25H2,1-8H3,(H,45,51)(H,46,58)(H,47,59)(H,48,57)(H,49,61)(H,50,60)(H,53,54)(H,55,56)/t28-,31-,32+,33-,34-,35-,39-/m0/s1. The Balaban J connectivity index is 3.33. The highest BCUT2D eigenvalue weighted by molar-refractivity contribution is 5.97. The van der Waals surface area contributed by atoms with Gasteiger partial charge in [0.1, 0.15) is 30.2 Å². The summed E-state index contributed by atoms with van der Waals surface area (Å²) in [5.74, 6) is -7.06. The summed E-state index contributed by atoms with van der Waals surface area (Å²) >= 11 is 0. The van der Waals surface area contributed by atoms with Crippen LogP contribution in [0.4, 0.5) is 0 Å². The second-order valence-corrected chi connectivity index (χ2v) is 17.6. The average molecular weight is 865 g/mol. The maximum absolute atomic E-state index is 14.2. The van der Waals surface area contributed by atoms with E-state index in [1.165, 1.54) is 0 Å². The van der Waals surface area contributed by atoms with Crippen molar-refractivity contribution in [3.05, 3.63) is 0 Å². The molecular formula is C44H76N6O11. The fraction of sp³-hybridized carbons (Fsp3) is 0.795. The summed E-state index contributed by atoms with van der Waals surface area (Å²) in [7, 11) is 0. The summed E-state index contributed by atoms with van der Waals surface area (Å²) in [5.41, 5.74) is 0. The van der Waals surface area contributed by atoms with Crippen molar-refractivity contribution in [1.29, 1.82) is 0 Å². The zero-order valence-electron chi connectivity index (χ0n) is 37.9. The van der Waals surface area contributed by atoms with Crippen molar-refractivity contribution >= 4 is 53.2 Å². The van der Waals surface area contributed by atoms with Gasteiger partial charge in [0.05, 0.1) is 12.5 Å². The molecular weight excluding hydrogens is 789 g/mol. The Bertz CT molecular complexity index is 1450. The lowest BCUT2D eigenvalue weighted by Crippen LogP contribution is -2.61. The first-order valence-electron chi connectivity index (χ1n) is 22.4. The fourth-order valence-electron chi connectivity index (χ4n) is 7.50. The summed E-state index contributed by atoms with van der Waals surface area (Å²) < 4.78 is 0. The van der Waals surface area contributed by atoms with Crippen LogP contribution in [0.5, 0.6) is 0 Å². The van der Waals surface area contributed by atoms with E-state index in [1.807, 2.05) is 13.8 Å². The number of carbonyl (C=O) groups excluding carboxylic acids is 7. The van der Waals surface area contributed by atoms with E-state index in [9.17, 15) is 53.4 Å². The Labute approximate surface area is 362 Å². The highest BCUT2D eigenvalue weighted by Gasteiger charge is 2.36. The topological polar surface area (TPSA) is 266 Å². The van der Waals surface area contributed by atoms with Crippen LogP contribution < -0.4 is 31.9 Å². The van der Waals surface area contributed by atoms with E-state index in [4.69, 9.17) is 0 Å². The SMILES string of the molecule is CC[C@H](NC(=O)[C@H](CC1CCCCC1)NC(=O)[C@@H](NC(=O)[C@H](CC(C)C)NC(=O)[C@@H](CCC(=O)O)NC(=O)[C@H](CC(=O)O)NC(C)=O)[C@@H](C)CC)C(=O)CCCCCC(C)C. The summed E-state index contributed by atoms with van der Waals surface area (Å²) in [6.45, 7) is 14.4. The Kier molecular flexibility index (Phi) is 25.8. The zero-order valence-corrected chi connectivity index (χ0v) is 37.9. The molecule has 0 aromatic heterocycles. The molecule has 0 unspecified atom stereocenters. The molecule has 61 heavy (non-hydrogen) atoms. The van der Waals surface area contributed by atoms with E-state index in [0.717, 1.165) is 64.7 Å². The van der Waals surface area contributed by atoms with Crippen LogP contribution >= 0.6 is 0 Å². The van der Waals surface area contributed by atoms with Gasteiger partial charge < -0.3 is 42.1 Å². The number of carbonyl (C=O) groups is 9. The van der Waals surface area contributed by atoms with E-state index >= 15 is 0 Å². The summed E-state index contributed by atoms with van der Waals surface area (Å²) in [6, 6.07) is -7.18. The van der Waals surface area contributed by atoms with Crippen LogP contribution in [-0.2, 0) is 43.2 Å². The molecule has 0 saturated heterocycles. The molecule has 17 heteroatoms. The fourth-order valence-corrected chi connectivity index (χ4v) is 7.50. The molecule has 0 bridgehead atoms. The molecule has 348 valence electrons. The van der Waals surface area contributed by atoms with E-state index in [-0.39, 0.29) is 24.0 Å². The molecule has 0 radical (unpaired) electrons. The van der Waals surface area contributed by atoms with Gasteiger partial charge in [-0.05, 0) is 55.8 Å². The molecule has 0 aromatic carbocycles. The van der Waals surface area contributed by atoms with Crippen molar-refractivity contribution < 1.29 is 53.4 Å². The molecule has 8 N–H and O–H groups in total. The van der Waals surface area contributed by atoms with Gasteiger partial charge in [0.15, 0.2) is 5.78 Å². The maximum atomic E-state index is 14.2. The number of ketones is 1. The third-order valence-corrected chi connectivity index (χ3v) is 11.2. The number of amides is 6. The van der Waals surface area contributed by atoms with E-state index in [2.05, 4.69) is 45.7 Å². The first-order valence-corrected chi connectivity index (χ1v) is 22.4. The molecule has 6 amide bonds. The molecule has 1 aliphatic carbocycles. The smallest absolute Gasteiger partial charge is 0.305 e. The van der Waals surface area contributed by atoms with E-state index < -0.39 is 109 Å². The van der Waals surface area contributed by atoms with Crippen LogP contribution in [-0.4, -0.2) is 99.6 Å². The minimum Gasteiger partial charge on any atom is -0.481 e. The van der Waals surface area contributed by atoms with Gasteiger partial charge >= 0.3 is 11.9 Å². The minimum absolute atomic E-state index is 0.0521. The van der Waals surface area contributed by atoms with Gasteiger partial charge in [-0.3, -0.25) is 43.2 Å². The van der Waals surface area contributed by atoms with Crippen molar-refractivity contribution in [3.63, 3.8) is 0 Å². The highest BCUT2D eigenvalue weighted by Crippen LogP contribution is 2.28. The maximum Gasteiger partial charge on any atom is 0.305 e. The molecule has 0 aliphatic heterocycles. The Hall–Kier alpha value is -4.57. The number of carboxylic acid groups (broad SMARTS) is 2. The molecule has 1 saturated carbocycles. The van der Waals surface area contributed by atoms with Gasteiger partial charge in [-0.15, -0.1) is 0 Å². The third kappa shape index (κ3) is 22.2. The lowest BCUT2D eigenvalue weighted by molar-refractivity contribution is -0.141. The van der Waals surface area contributed by atoms with Gasteiger partial charge in [0.25, 0.3) is 0 Å². The molecule has 0 aromatic rings. The van der Waals surface area contributed by atoms with Gasteiger partial charge in [0, 0.05) is 19.8 Å². The monoisotopic (exact) mass is 865 g/mol. The second kappa shape index (κ2) is 28.9. The van der Waals surface area contributed by atoms with Gasteiger partial charge in [-0.25, -0.2) is 0 Å². The minimum atomic E-state index is -1.57. The highest BCUT2D eigenvalue weighted by atomic mass is 16.4. The van der Waals surface area contributed by atoms with Crippen LogP contribution in [0.15, 0.2) is 0 Å². The molecule has 17 nitrogen and oxygen atoms in total. The van der Waals surface area contributed by atoms with Crippen LogP contribution in [0.2, 0.25) is 0 Å². The van der Waals surface area contributed by atoms with Gasteiger partial charge in [-0.1, -0.05) is 106 Å². The summed E-state index contributed by atoms with van der Waals surface area (Å²) in [4.78, 5) is 117.